The van der Waals surface area contributed by atoms with Crippen LogP contribution in [0.5, 0.6) is 0 Å². The average molecular weight is 365 g/mol. The molecule has 0 spiro atoms. The zero-order valence-electron chi connectivity index (χ0n) is 15.5. The summed E-state index contributed by atoms with van der Waals surface area (Å²) >= 11 is 0. The predicted octanol–water partition coefficient (Wildman–Crippen LogP) is 2.43. The zero-order valence-corrected chi connectivity index (χ0v) is 15.5. The van der Waals surface area contributed by atoms with Gasteiger partial charge in [-0.05, 0) is 24.0 Å². The summed E-state index contributed by atoms with van der Waals surface area (Å²) in [5, 5.41) is 2.93. The third-order valence-corrected chi connectivity index (χ3v) is 4.97. The predicted molar refractivity (Wildman–Crippen MR) is 106 cm³/mol. The zero-order chi connectivity index (χ0) is 19.1. The molecule has 3 N–H and O–H groups in total. The Morgan fingerprint density at radius 2 is 1.56 bits per heavy atom. The van der Waals surface area contributed by atoms with Gasteiger partial charge < -0.3 is 16.0 Å². The van der Waals surface area contributed by atoms with Gasteiger partial charge in [0.15, 0.2) is 0 Å². The van der Waals surface area contributed by atoms with Gasteiger partial charge in [0, 0.05) is 32.0 Å². The Hall–Kier alpha value is -2.66. The minimum atomic E-state index is -0.555. The van der Waals surface area contributed by atoms with Crippen molar-refractivity contribution in [2.45, 2.75) is 37.8 Å². The molecule has 2 amide bonds. The van der Waals surface area contributed by atoms with E-state index in [0.717, 1.165) is 37.1 Å². The Kier molecular flexibility index (Phi) is 6.60. The topological polar surface area (TPSA) is 75.4 Å². The average Bonchev–Trinajstić information content (AvgIpc) is 3.23. The third-order valence-electron chi connectivity index (χ3n) is 4.97. The van der Waals surface area contributed by atoms with Crippen LogP contribution in [-0.4, -0.2) is 35.8 Å². The molecule has 2 unspecified atom stereocenters. The van der Waals surface area contributed by atoms with Gasteiger partial charge in [-0.1, -0.05) is 60.7 Å². The van der Waals surface area contributed by atoms with Gasteiger partial charge in [-0.25, -0.2) is 0 Å². The summed E-state index contributed by atoms with van der Waals surface area (Å²) in [5.74, 6) is -0.196. The van der Waals surface area contributed by atoms with Crippen LogP contribution in [0.1, 0.15) is 36.4 Å². The highest BCUT2D eigenvalue weighted by Crippen LogP contribution is 2.15. The number of nitrogens with two attached hydrogens (primary N) is 1. The van der Waals surface area contributed by atoms with Crippen molar-refractivity contribution in [3.8, 4) is 0 Å². The molecule has 0 saturated carbocycles. The number of carbonyl (C=O) groups excluding carboxylic acids is 2. The summed E-state index contributed by atoms with van der Waals surface area (Å²) in [6, 6.07) is 18.4. The highest BCUT2D eigenvalue weighted by atomic mass is 16.2. The van der Waals surface area contributed by atoms with Gasteiger partial charge in [0.05, 0.1) is 0 Å². The number of benzene rings is 2. The smallest absolute Gasteiger partial charge is 0.245 e. The summed E-state index contributed by atoms with van der Waals surface area (Å²) in [7, 11) is 0. The molecule has 1 aliphatic rings. The lowest BCUT2D eigenvalue weighted by Gasteiger charge is -2.25. The molecule has 0 aromatic heterocycles. The van der Waals surface area contributed by atoms with Gasteiger partial charge in [0.1, 0.15) is 6.04 Å². The van der Waals surface area contributed by atoms with Crippen LogP contribution in [0.2, 0.25) is 0 Å². The highest BCUT2D eigenvalue weighted by Gasteiger charge is 2.28. The molecule has 0 radical (unpaired) electrons. The van der Waals surface area contributed by atoms with Crippen LogP contribution in [0.4, 0.5) is 0 Å². The molecule has 0 aliphatic carbocycles. The molecule has 142 valence electrons. The molecule has 27 heavy (non-hydrogen) atoms. The van der Waals surface area contributed by atoms with E-state index in [1.54, 1.807) is 0 Å². The maximum Gasteiger partial charge on any atom is 0.245 e. The second-order valence-corrected chi connectivity index (χ2v) is 7.06. The monoisotopic (exact) mass is 365 g/mol. The number of carbonyl (C=O) groups is 2. The molecular formula is C22H27N3O2. The molecule has 1 aliphatic heterocycles. The van der Waals surface area contributed by atoms with Crippen LogP contribution in [-0.2, 0) is 16.0 Å². The van der Waals surface area contributed by atoms with Crippen molar-refractivity contribution in [3.05, 3.63) is 71.8 Å². The molecule has 3 rings (SSSR count). The Labute approximate surface area is 160 Å². The first-order chi connectivity index (χ1) is 13.1. The van der Waals surface area contributed by atoms with E-state index in [4.69, 9.17) is 5.73 Å². The van der Waals surface area contributed by atoms with Gasteiger partial charge in [0.2, 0.25) is 11.8 Å². The van der Waals surface area contributed by atoms with Crippen LogP contribution in [0.15, 0.2) is 60.7 Å². The highest BCUT2D eigenvalue weighted by molar-refractivity contribution is 5.88. The Morgan fingerprint density at radius 3 is 2.19 bits per heavy atom. The van der Waals surface area contributed by atoms with Crippen molar-refractivity contribution >= 4 is 11.8 Å². The Morgan fingerprint density at radius 1 is 0.963 bits per heavy atom. The fourth-order valence-electron chi connectivity index (χ4n) is 3.48. The van der Waals surface area contributed by atoms with Crippen molar-refractivity contribution in [2.75, 3.05) is 13.1 Å². The minimum Gasteiger partial charge on any atom is -0.344 e. The fraction of sp³-hybridized carbons (Fsp3) is 0.364. The maximum atomic E-state index is 12.9. The van der Waals surface area contributed by atoms with Crippen LogP contribution < -0.4 is 11.1 Å². The fourth-order valence-corrected chi connectivity index (χ4v) is 3.48. The minimum absolute atomic E-state index is 0.00187. The summed E-state index contributed by atoms with van der Waals surface area (Å²) in [4.78, 5) is 27.4. The molecule has 2 atom stereocenters. The van der Waals surface area contributed by atoms with Crippen LogP contribution >= 0.6 is 0 Å². The largest absolute Gasteiger partial charge is 0.344 e. The Bertz CT molecular complexity index is 743. The van der Waals surface area contributed by atoms with E-state index in [1.807, 2.05) is 65.6 Å². The summed E-state index contributed by atoms with van der Waals surface area (Å²) in [6.45, 7) is 1.53. The number of amides is 2. The summed E-state index contributed by atoms with van der Waals surface area (Å²) < 4.78 is 0. The first kappa shape index (κ1) is 19.1. The molecule has 5 nitrogen and oxygen atoms in total. The number of nitrogens with zero attached hydrogens (tertiary/aromatic N) is 1. The summed E-state index contributed by atoms with van der Waals surface area (Å²) in [6.07, 6.45) is 2.69. The van der Waals surface area contributed by atoms with E-state index in [1.165, 1.54) is 0 Å². The van der Waals surface area contributed by atoms with Crippen molar-refractivity contribution in [1.82, 2.24) is 10.2 Å². The van der Waals surface area contributed by atoms with Gasteiger partial charge in [-0.3, -0.25) is 9.59 Å². The van der Waals surface area contributed by atoms with Gasteiger partial charge in [-0.15, -0.1) is 0 Å². The van der Waals surface area contributed by atoms with Crippen LogP contribution in [0.25, 0.3) is 0 Å². The van der Waals surface area contributed by atoms with E-state index in [2.05, 4.69) is 5.32 Å². The molecule has 1 saturated heterocycles. The molecular weight excluding hydrogens is 338 g/mol. The lowest BCUT2D eigenvalue weighted by Crippen LogP contribution is -2.49. The lowest BCUT2D eigenvalue weighted by molar-refractivity contribution is -0.135. The summed E-state index contributed by atoms with van der Waals surface area (Å²) in [5.41, 5.74) is 8.11. The Balaban J connectivity index is 1.66. The first-order valence-corrected chi connectivity index (χ1v) is 9.56. The van der Waals surface area contributed by atoms with E-state index < -0.39 is 6.04 Å². The second kappa shape index (κ2) is 9.33. The first-order valence-electron chi connectivity index (χ1n) is 9.56. The van der Waals surface area contributed by atoms with E-state index in [-0.39, 0.29) is 24.3 Å². The molecule has 2 aromatic carbocycles. The van der Waals surface area contributed by atoms with Crippen molar-refractivity contribution in [3.63, 3.8) is 0 Å². The van der Waals surface area contributed by atoms with E-state index in [0.29, 0.717) is 6.42 Å². The van der Waals surface area contributed by atoms with Gasteiger partial charge in [-0.2, -0.15) is 0 Å². The van der Waals surface area contributed by atoms with Crippen molar-refractivity contribution < 1.29 is 9.59 Å². The molecule has 1 heterocycles. The van der Waals surface area contributed by atoms with Crippen LogP contribution in [0.3, 0.4) is 0 Å². The van der Waals surface area contributed by atoms with E-state index >= 15 is 0 Å². The number of hydrogen-bond donors (Lipinski definition) is 2. The van der Waals surface area contributed by atoms with Gasteiger partial charge in [0.25, 0.3) is 0 Å². The maximum absolute atomic E-state index is 12.9. The lowest BCUT2D eigenvalue weighted by atomic mass is 10.0. The number of likely N-dealkylation sites (tertiary alicyclic amines) is 1. The number of nitrogens with one attached hydrogen (secondary N) is 1. The van der Waals surface area contributed by atoms with E-state index in [9.17, 15) is 9.59 Å². The van der Waals surface area contributed by atoms with Gasteiger partial charge >= 0.3 is 0 Å². The quantitative estimate of drug-likeness (QED) is 0.791. The normalized spacial score (nSPS) is 16.0. The molecule has 1 fully saturated rings. The number of hydrogen-bond acceptors (Lipinski definition) is 3. The number of rotatable bonds is 7. The van der Waals surface area contributed by atoms with Crippen molar-refractivity contribution in [2.24, 2.45) is 5.73 Å². The SMILES string of the molecule is NC(CC(=O)NC(Cc1ccccc1)C(=O)N1CCCC1)c1ccccc1. The second-order valence-electron chi connectivity index (χ2n) is 7.06. The molecule has 0 bridgehead atoms. The molecule has 5 heteroatoms. The molecule has 2 aromatic rings. The standard InChI is InChI=1S/C22H27N3O2/c23-19(18-11-5-2-6-12-18)16-21(26)24-20(15-17-9-3-1-4-10-17)22(27)25-13-7-8-14-25/h1-6,9-12,19-20H,7-8,13-16,23H2,(H,24,26). The third kappa shape index (κ3) is 5.41. The van der Waals surface area contributed by atoms with Crippen LogP contribution in [0, 0.1) is 0 Å². The van der Waals surface area contributed by atoms with Crippen molar-refractivity contribution in [1.29, 1.82) is 0 Å².